The van der Waals surface area contributed by atoms with Crippen LogP contribution >= 0.6 is 0 Å². The third-order valence-electron chi connectivity index (χ3n) is 4.00. The number of fused-ring (bicyclic) bond motifs is 1. The topological polar surface area (TPSA) is 94.9 Å². The van der Waals surface area contributed by atoms with Gasteiger partial charge >= 0.3 is 0 Å². The van der Waals surface area contributed by atoms with E-state index in [0.717, 1.165) is 18.6 Å². The number of rotatable bonds is 1. The van der Waals surface area contributed by atoms with Crippen molar-refractivity contribution in [1.82, 2.24) is 15.6 Å². The van der Waals surface area contributed by atoms with Gasteiger partial charge < -0.3 is 5.32 Å². The lowest BCUT2D eigenvalue weighted by molar-refractivity contribution is 0.252. The number of benzene rings is 1. The van der Waals surface area contributed by atoms with Crippen LogP contribution in [-0.2, 0) is 10.0 Å². The van der Waals surface area contributed by atoms with Gasteiger partial charge in [-0.2, -0.15) is 5.10 Å². The van der Waals surface area contributed by atoms with E-state index < -0.39 is 10.0 Å². The highest BCUT2D eigenvalue weighted by Crippen LogP contribution is 2.27. The minimum Gasteiger partial charge on any atom is -0.306 e. The normalized spacial score (nSPS) is 25.7. The van der Waals surface area contributed by atoms with Gasteiger partial charge in [-0.1, -0.05) is 12.1 Å². The van der Waals surface area contributed by atoms with Gasteiger partial charge in [-0.05, 0) is 39.8 Å². The van der Waals surface area contributed by atoms with Crippen LogP contribution in [-0.4, -0.2) is 31.0 Å². The van der Waals surface area contributed by atoms with Crippen molar-refractivity contribution in [2.24, 2.45) is 10.2 Å². The molecule has 0 atom stereocenters. The maximum atomic E-state index is 12.0. The second-order valence-electron chi connectivity index (χ2n) is 7.59. The summed E-state index contributed by atoms with van der Waals surface area (Å²) in [5.41, 5.74) is 4.04. The first-order valence-electron chi connectivity index (χ1n) is 7.88. The molecule has 2 aliphatic heterocycles. The molecule has 0 spiro atoms. The summed E-state index contributed by atoms with van der Waals surface area (Å²) >= 11 is 0. The smallest absolute Gasteiger partial charge is 0.258 e. The van der Waals surface area contributed by atoms with E-state index in [9.17, 15) is 8.42 Å². The number of piperidine rings is 1. The van der Waals surface area contributed by atoms with Crippen LogP contribution in [0.5, 0.6) is 0 Å². The van der Waals surface area contributed by atoms with Crippen molar-refractivity contribution in [1.29, 1.82) is 0 Å². The molecule has 8 heteroatoms. The molecule has 1 saturated heterocycles. The molecular formula is C16H23N5O2S. The molecule has 7 nitrogen and oxygen atoms in total. The summed E-state index contributed by atoms with van der Waals surface area (Å²) in [6.45, 7) is 8.55. The first-order chi connectivity index (χ1) is 11.1. The summed E-state index contributed by atoms with van der Waals surface area (Å²) in [5, 5.41) is 12.3. The molecule has 130 valence electrons. The molecule has 1 fully saturated rings. The molecule has 3 rings (SSSR count). The average molecular weight is 349 g/mol. The summed E-state index contributed by atoms with van der Waals surface area (Å²) in [7, 11) is -3.56. The van der Waals surface area contributed by atoms with Crippen LogP contribution < -0.4 is 15.6 Å². The van der Waals surface area contributed by atoms with E-state index in [1.807, 2.05) is 0 Å². The van der Waals surface area contributed by atoms with E-state index in [1.54, 1.807) is 24.3 Å². The first-order valence-corrected chi connectivity index (χ1v) is 9.36. The molecular weight excluding hydrogens is 326 g/mol. The van der Waals surface area contributed by atoms with Gasteiger partial charge in [-0.3, -0.25) is 5.43 Å². The van der Waals surface area contributed by atoms with E-state index in [1.165, 1.54) is 0 Å². The Morgan fingerprint density at radius 1 is 1.00 bits per heavy atom. The number of nitrogens with zero attached hydrogens (tertiary/aromatic N) is 2. The average Bonchev–Trinajstić information content (AvgIpc) is 2.43. The third-order valence-corrected chi connectivity index (χ3v) is 5.30. The Balaban J connectivity index is 1.95. The Morgan fingerprint density at radius 3 is 2.29 bits per heavy atom. The summed E-state index contributed by atoms with van der Waals surface area (Å²) < 4.78 is 24.0. The Morgan fingerprint density at radius 2 is 1.62 bits per heavy atom. The Bertz CT molecular complexity index is 807. The van der Waals surface area contributed by atoms with E-state index in [4.69, 9.17) is 0 Å². The Labute approximate surface area is 142 Å². The fourth-order valence-electron chi connectivity index (χ4n) is 3.49. The van der Waals surface area contributed by atoms with Crippen LogP contribution in [0.4, 0.5) is 0 Å². The van der Waals surface area contributed by atoms with Gasteiger partial charge in [0.1, 0.15) is 0 Å². The maximum Gasteiger partial charge on any atom is 0.258 e. The second kappa shape index (κ2) is 5.65. The molecule has 2 aliphatic rings. The highest BCUT2D eigenvalue weighted by atomic mass is 32.2. The lowest BCUT2D eigenvalue weighted by Gasteiger charge is -2.42. The predicted molar refractivity (Wildman–Crippen MR) is 94.4 cm³/mol. The van der Waals surface area contributed by atoms with Crippen molar-refractivity contribution in [3.63, 3.8) is 0 Å². The molecule has 0 amide bonds. The van der Waals surface area contributed by atoms with Crippen LogP contribution in [0.1, 0.15) is 46.1 Å². The highest BCUT2D eigenvalue weighted by Gasteiger charge is 2.35. The summed E-state index contributed by atoms with van der Waals surface area (Å²) in [5.74, 6) is 0.405. The van der Waals surface area contributed by atoms with Crippen LogP contribution in [0.3, 0.4) is 0 Å². The van der Waals surface area contributed by atoms with Crippen LogP contribution in [0.15, 0.2) is 39.4 Å². The fraction of sp³-hybridized carbons (Fsp3) is 0.500. The van der Waals surface area contributed by atoms with Crippen molar-refractivity contribution < 1.29 is 8.42 Å². The van der Waals surface area contributed by atoms with Crippen molar-refractivity contribution >= 4 is 21.6 Å². The molecule has 0 saturated carbocycles. The second-order valence-corrected chi connectivity index (χ2v) is 9.24. The Kier molecular flexibility index (Phi) is 4.01. The van der Waals surface area contributed by atoms with Crippen molar-refractivity contribution in [2.45, 2.75) is 56.5 Å². The lowest BCUT2D eigenvalue weighted by atomic mass is 9.81. The molecule has 0 aromatic heterocycles. The maximum absolute atomic E-state index is 12.0. The number of amidine groups is 1. The van der Waals surface area contributed by atoms with Crippen LogP contribution in [0.2, 0.25) is 0 Å². The number of nitrogens with one attached hydrogen (secondary N) is 3. The zero-order valence-electron chi connectivity index (χ0n) is 14.3. The molecule has 0 radical (unpaired) electrons. The van der Waals surface area contributed by atoms with E-state index in [-0.39, 0.29) is 16.0 Å². The van der Waals surface area contributed by atoms with Gasteiger partial charge in [0.25, 0.3) is 10.0 Å². The van der Waals surface area contributed by atoms with Crippen molar-refractivity contribution in [3.05, 3.63) is 29.8 Å². The number of hydrogen-bond donors (Lipinski definition) is 3. The van der Waals surface area contributed by atoms with Gasteiger partial charge in [0.05, 0.1) is 4.90 Å². The molecule has 24 heavy (non-hydrogen) atoms. The van der Waals surface area contributed by atoms with Gasteiger partial charge in [-0.15, -0.1) is 9.93 Å². The van der Waals surface area contributed by atoms with Crippen molar-refractivity contribution in [2.75, 3.05) is 0 Å². The van der Waals surface area contributed by atoms with E-state index in [2.05, 4.69) is 53.5 Å². The molecule has 0 aliphatic carbocycles. The first kappa shape index (κ1) is 17.1. The van der Waals surface area contributed by atoms with Gasteiger partial charge in [0, 0.05) is 35.2 Å². The molecule has 3 N–H and O–H groups in total. The monoisotopic (exact) mass is 349 g/mol. The zero-order chi connectivity index (χ0) is 17.6. The number of hydrogen-bond acceptors (Lipinski definition) is 5. The zero-order valence-corrected chi connectivity index (χ0v) is 15.2. The molecule has 0 unspecified atom stereocenters. The van der Waals surface area contributed by atoms with Gasteiger partial charge in [-0.25, -0.2) is 8.42 Å². The van der Waals surface area contributed by atoms with Gasteiger partial charge in [0.2, 0.25) is 0 Å². The SMILES string of the molecule is CC1(C)CC(=N/N=C2/NNS(=O)(=O)c3ccccc32)CC(C)(C)N1. The van der Waals surface area contributed by atoms with Crippen LogP contribution in [0, 0.1) is 0 Å². The lowest BCUT2D eigenvalue weighted by Crippen LogP contribution is -2.58. The minimum absolute atomic E-state index is 0.0553. The quantitative estimate of drug-likeness (QED) is 0.670. The number of sulfonamides is 1. The molecule has 1 aromatic rings. The summed E-state index contributed by atoms with van der Waals surface area (Å²) in [4.78, 5) is 2.50. The van der Waals surface area contributed by atoms with Crippen LogP contribution in [0.25, 0.3) is 0 Å². The molecule has 0 bridgehead atoms. The molecule has 1 aromatic carbocycles. The predicted octanol–water partition coefficient (Wildman–Crippen LogP) is 1.53. The molecule has 2 heterocycles. The largest absolute Gasteiger partial charge is 0.306 e. The third kappa shape index (κ3) is 3.50. The fourth-order valence-corrected chi connectivity index (χ4v) is 4.54. The van der Waals surface area contributed by atoms with Gasteiger partial charge in [0.15, 0.2) is 5.84 Å². The summed E-state index contributed by atoms with van der Waals surface area (Å²) in [6, 6.07) is 6.74. The van der Waals surface area contributed by atoms with Crippen molar-refractivity contribution in [3.8, 4) is 0 Å². The standard InChI is InChI=1S/C16H23N5O2S/c1-15(2)9-11(10-16(3,4)20-15)17-18-14-12-7-5-6-8-13(12)24(22,23)21-19-14/h5-8,20-21H,9-10H2,1-4H3,(H,18,19). The van der Waals surface area contributed by atoms with E-state index in [0.29, 0.717) is 11.4 Å². The Hall–Kier alpha value is -1.77. The van der Waals surface area contributed by atoms with E-state index >= 15 is 0 Å². The summed E-state index contributed by atoms with van der Waals surface area (Å²) in [6.07, 6.45) is 1.58. The minimum atomic E-state index is -3.56. The highest BCUT2D eigenvalue weighted by molar-refractivity contribution is 7.89. The number of hydrazine groups is 1.